The second kappa shape index (κ2) is 3.94. The summed E-state index contributed by atoms with van der Waals surface area (Å²) < 4.78 is 1.32. The topological polar surface area (TPSA) is 89.1 Å². The zero-order valence-corrected chi connectivity index (χ0v) is 10.6. The van der Waals surface area contributed by atoms with Gasteiger partial charge in [-0.15, -0.1) is 0 Å². The molecule has 0 amide bonds. The van der Waals surface area contributed by atoms with Crippen LogP contribution in [0.3, 0.4) is 0 Å². The van der Waals surface area contributed by atoms with Crippen molar-refractivity contribution >= 4 is 11.5 Å². The molecule has 0 spiro atoms. The summed E-state index contributed by atoms with van der Waals surface area (Å²) in [6.45, 7) is 3.68. The van der Waals surface area contributed by atoms with E-state index in [1.807, 2.05) is 25.1 Å². The van der Waals surface area contributed by atoms with Crippen molar-refractivity contribution in [1.29, 1.82) is 0 Å². The first-order valence-corrected chi connectivity index (χ1v) is 5.88. The van der Waals surface area contributed by atoms with Gasteiger partial charge in [0.25, 0.3) is 11.3 Å². The summed E-state index contributed by atoms with van der Waals surface area (Å²) in [5.74, 6) is 0.946. The number of hydrogen-bond acceptors (Lipinski definition) is 4. The molecule has 2 heterocycles. The van der Waals surface area contributed by atoms with E-state index in [9.17, 15) is 4.79 Å². The summed E-state index contributed by atoms with van der Waals surface area (Å²) in [5.41, 5.74) is 8.82. The Morgan fingerprint density at radius 1 is 1.26 bits per heavy atom. The number of anilines is 1. The molecule has 0 fully saturated rings. The lowest BCUT2D eigenvalue weighted by molar-refractivity contribution is 0.892. The second-order valence-electron chi connectivity index (χ2n) is 4.46. The van der Waals surface area contributed by atoms with Gasteiger partial charge in [0, 0.05) is 23.0 Å². The molecule has 0 aliphatic heterocycles. The van der Waals surface area contributed by atoms with E-state index >= 15 is 0 Å². The average molecular weight is 255 g/mol. The molecule has 1 aromatic carbocycles. The Labute approximate surface area is 108 Å². The van der Waals surface area contributed by atoms with Crippen LogP contribution in [-0.4, -0.2) is 19.6 Å². The summed E-state index contributed by atoms with van der Waals surface area (Å²) in [6.07, 6.45) is 0. The highest BCUT2D eigenvalue weighted by atomic mass is 16.1. The lowest BCUT2D eigenvalue weighted by Crippen LogP contribution is -2.14. The fraction of sp³-hybridized carbons (Fsp3) is 0.154. The van der Waals surface area contributed by atoms with Crippen molar-refractivity contribution in [2.45, 2.75) is 13.8 Å². The maximum Gasteiger partial charge on any atom is 0.274 e. The molecule has 6 nitrogen and oxygen atoms in total. The number of H-pyrrole nitrogens is 1. The van der Waals surface area contributed by atoms with Gasteiger partial charge in [-0.05, 0) is 25.5 Å². The zero-order valence-electron chi connectivity index (χ0n) is 10.6. The SMILES string of the molecule is Cc1cc(=O)n2[nH]c(-c3cccc(N)c3C)nc2n1. The number of aromatic amines is 1. The molecule has 0 aliphatic carbocycles. The standard InChI is InChI=1S/C13H13N5O/c1-7-6-11(19)18-13(15-7)16-12(17-18)9-4-3-5-10(14)8(9)2/h3-6H,14H2,1-2H3,(H,15,16,17). The predicted molar refractivity (Wildman–Crippen MR) is 72.9 cm³/mol. The first-order valence-electron chi connectivity index (χ1n) is 5.88. The number of nitrogens with zero attached hydrogens (tertiary/aromatic N) is 3. The van der Waals surface area contributed by atoms with Crippen LogP contribution in [0.5, 0.6) is 0 Å². The molecule has 0 saturated carbocycles. The van der Waals surface area contributed by atoms with Gasteiger partial charge in [-0.2, -0.15) is 9.50 Å². The van der Waals surface area contributed by atoms with Gasteiger partial charge in [0.2, 0.25) is 0 Å². The highest BCUT2D eigenvalue weighted by Gasteiger charge is 2.11. The third-order valence-electron chi connectivity index (χ3n) is 3.09. The van der Waals surface area contributed by atoms with E-state index in [2.05, 4.69) is 15.1 Å². The predicted octanol–water partition coefficient (Wildman–Crippen LogP) is 1.28. The Bertz CT molecular complexity index is 831. The summed E-state index contributed by atoms with van der Waals surface area (Å²) in [4.78, 5) is 20.4. The van der Waals surface area contributed by atoms with Gasteiger partial charge in [0.1, 0.15) is 0 Å². The monoisotopic (exact) mass is 255 g/mol. The number of nitrogens with one attached hydrogen (secondary N) is 1. The van der Waals surface area contributed by atoms with E-state index in [0.29, 0.717) is 23.0 Å². The second-order valence-corrected chi connectivity index (χ2v) is 4.46. The lowest BCUT2D eigenvalue weighted by atomic mass is 10.1. The maximum atomic E-state index is 11.8. The van der Waals surface area contributed by atoms with E-state index < -0.39 is 0 Å². The number of nitrogens with two attached hydrogens (primary N) is 1. The number of hydrogen-bond donors (Lipinski definition) is 2. The van der Waals surface area contributed by atoms with Crippen LogP contribution in [0.4, 0.5) is 5.69 Å². The number of nitrogen functional groups attached to an aromatic ring is 1. The molecule has 3 N–H and O–H groups in total. The Balaban J connectivity index is 2.30. The van der Waals surface area contributed by atoms with Crippen LogP contribution in [0.15, 0.2) is 29.1 Å². The molecule has 0 saturated heterocycles. The van der Waals surface area contributed by atoms with Gasteiger partial charge in [0.15, 0.2) is 5.82 Å². The Morgan fingerprint density at radius 3 is 2.84 bits per heavy atom. The van der Waals surface area contributed by atoms with Crippen LogP contribution in [0.1, 0.15) is 11.3 Å². The molecule has 0 atom stereocenters. The molecule has 96 valence electrons. The molecule has 0 radical (unpaired) electrons. The van der Waals surface area contributed by atoms with Gasteiger partial charge in [0.05, 0.1) is 0 Å². The summed E-state index contributed by atoms with van der Waals surface area (Å²) in [6, 6.07) is 7.05. The molecule has 0 unspecified atom stereocenters. The van der Waals surface area contributed by atoms with Gasteiger partial charge in [-0.25, -0.2) is 4.98 Å². The highest BCUT2D eigenvalue weighted by Crippen LogP contribution is 2.24. The third kappa shape index (κ3) is 1.77. The highest BCUT2D eigenvalue weighted by molar-refractivity contribution is 5.68. The molecule has 19 heavy (non-hydrogen) atoms. The van der Waals surface area contributed by atoms with E-state index in [0.717, 1.165) is 11.1 Å². The van der Waals surface area contributed by atoms with Crippen molar-refractivity contribution < 1.29 is 0 Å². The number of fused-ring (bicyclic) bond motifs is 1. The quantitative estimate of drug-likeness (QED) is 0.641. The maximum absolute atomic E-state index is 11.8. The molecule has 0 bridgehead atoms. The van der Waals surface area contributed by atoms with Crippen molar-refractivity contribution in [3.05, 3.63) is 45.9 Å². The minimum Gasteiger partial charge on any atom is -0.398 e. The zero-order chi connectivity index (χ0) is 13.6. The van der Waals surface area contributed by atoms with Crippen LogP contribution in [0.25, 0.3) is 17.2 Å². The van der Waals surface area contributed by atoms with Gasteiger partial charge < -0.3 is 5.73 Å². The average Bonchev–Trinajstić information content (AvgIpc) is 2.76. The molecule has 3 rings (SSSR count). The number of aryl methyl sites for hydroxylation is 1. The van der Waals surface area contributed by atoms with Crippen LogP contribution >= 0.6 is 0 Å². The van der Waals surface area contributed by atoms with Crippen molar-refractivity contribution in [3.63, 3.8) is 0 Å². The van der Waals surface area contributed by atoms with Gasteiger partial charge in [-0.3, -0.25) is 9.89 Å². The van der Waals surface area contributed by atoms with Crippen LogP contribution in [0.2, 0.25) is 0 Å². The van der Waals surface area contributed by atoms with Gasteiger partial charge in [-0.1, -0.05) is 12.1 Å². The van der Waals surface area contributed by atoms with Gasteiger partial charge >= 0.3 is 0 Å². The number of benzene rings is 1. The third-order valence-corrected chi connectivity index (χ3v) is 3.09. The lowest BCUT2D eigenvalue weighted by Gasteiger charge is -2.04. The number of rotatable bonds is 1. The molecule has 2 aromatic heterocycles. The Kier molecular flexibility index (Phi) is 2.38. The fourth-order valence-corrected chi connectivity index (χ4v) is 2.02. The normalized spacial score (nSPS) is 11.1. The summed E-state index contributed by atoms with van der Waals surface area (Å²) in [7, 11) is 0. The minimum atomic E-state index is -0.178. The molecular weight excluding hydrogens is 242 g/mol. The van der Waals surface area contributed by atoms with Crippen molar-refractivity contribution in [1.82, 2.24) is 19.6 Å². The summed E-state index contributed by atoms with van der Waals surface area (Å²) >= 11 is 0. The van der Waals surface area contributed by atoms with Crippen molar-refractivity contribution in [2.75, 3.05) is 5.73 Å². The summed E-state index contributed by atoms with van der Waals surface area (Å²) in [5, 5.41) is 2.95. The minimum absolute atomic E-state index is 0.178. The van der Waals surface area contributed by atoms with E-state index in [1.54, 1.807) is 6.92 Å². The Morgan fingerprint density at radius 2 is 2.05 bits per heavy atom. The van der Waals surface area contributed by atoms with Crippen LogP contribution in [0, 0.1) is 13.8 Å². The van der Waals surface area contributed by atoms with Crippen molar-refractivity contribution in [2.24, 2.45) is 0 Å². The first kappa shape index (κ1) is 11.5. The molecule has 0 aliphatic rings. The van der Waals surface area contributed by atoms with Crippen LogP contribution in [-0.2, 0) is 0 Å². The Hall–Kier alpha value is -2.63. The largest absolute Gasteiger partial charge is 0.398 e. The van der Waals surface area contributed by atoms with E-state index in [1.165, 1.54) is 10.6 Å². The smallest absolute Gasteiger partial charge is 0.274 e. The first-order chi connectivity index (χ1) is 9.06. The van der Waals surface area contributed by atoms with Crippen LogP contribution < -0.4 is 11.3 Å². The fourth-order valence-electron chi connectivity index (χ4n) is 2.02. The molecule has 3 aromatic rings. The van der Waals surface area contributed by atoms with Crippen molar-refractivity contribution in [3.8, 4) is 11.4 Å². The number of aromatic nitrogens is 4. The molecular formula is C13H13N5O. The van der Waals surface area contributed by atoms with E-state index in [-0.39, 0.29) is 5.56 Å². The molecule has 6 heteroatoms. The van der Waals surface area contributed by atoms with E-state index in [4.69, 9.17) is 5.73 Å².